The minimum atomic E-state index is 0.212. The number of ether oxygens (including phenoxy) is 1. The lowest BCUT2D eigenvalue weighted by Gasteiger charge is -2.38. The molecule has 3 aliphatic rings. The van der Waals surface area contributed by atoms with Crippen LogP contribution >= 0.6 is 50.5 Å². The lowest BCUT2D eigenvalue weighted by atomic mass is 10.00. The second-order valence-electron chi connectivity index (χ2n) is 8.89. The number of thiazole rings is 1. The Labute approximate surface area is 209 Å². The molecule has 2 aromatic heterocycles. The molecule has 9 heteroatoms. The molecule has 2 saturated heterocycles. The number of nitrogens with zero attached hydrogens (tertiary/aromatic N) is 3. The topological polar surface area (TPSA) is 51.4 Å². The third kappa shape index (κ3) is 3.90. The van der Waals surface area contributed by atoms with Crippen molar-refractivity contribution in [3.05, 3.63) is 49.6 Å². The van der Waals surface area contributed by atoms with Gasteiger partial charge in [0.15, 0.2) is 5.13 Å². The van der Waals surface area contributed by atoms with Crippen molar-refractivity contribution in [1.82, 2.24) is 10.1 Å². The van der Waals surface area contributed by atoms with Crippen LogP contribution in [-0.2, 0) is 11.3 Å². The molecule has 1 saturated carbocycles. The Morgan fingerprint density at radius 2 is 1.84 bits per heavy atom. The number of piperidine rings is 1. The maximum atomic E-state index is 6.52. The van der Waals surface area contributed by atoms with Crippen molar-refractivity contribution in [2.24, 2.45) is 0 Å². The van der Waals surface area contributed by atoms with E-state index in [4.69, 9.17) is 32.5 Å². The van der Waals surface area contributed by atoms with E-state index < -0.39 is 0 Å². The molecule has 4 heterocycles. The van der Waals surface area contributed by atoms with Gasteiger partial charge in [-0.05, 0) is 66.6 Å². The fourth-order valence-electron chi connectivity index (χ4n) is 5.19. The highest BCUT2D eigenvalue weighted by atomic mass is 79.9. The Kier molecular flexibility index (Phi) is 5.75. The molecule has 6 rings (SSSR count). The van der Waals surface area contributed by atoms with Crippen LogP contribution in [0.25, 0.3) is 11.3 Å². The predicted octanol–water partition coefficient (Wildman–Crippen LogP) is 7.46. The lowest BCUT2D eigenvalue weighted by molar-refractivity contribution is 0.0147. The maximum absolute atomic E-state index is 6.52. The highest BCUT2D eigenvalue weighted by molar-refractivity contribution is 9.10. The van der Waals surface area contributed by atoms with Gasteiger partial charge in [0.05, 0.1) is 22.8 Å². The van der Waals surface area contributed by atoms with Gasteiger partial charge in [-0.1, -0.05) is 34.4 Å². The zero-order valence-electron chi connectivity index (χ0n) is 17.3. The van der Waals surface area contributed by atoms with Crippen molar-refractivity contribution in [3.8, 4) is 11.3 Å². The molecule has 1 aliphatic carbocycles. The molecule has 5 nitrogen and oxygen atoms in total. The van der Waals surface area contributed by atoms with E-state index in [1.165, 1.54) is 12.8 Å². The molecule has 3 aromatic rings. The number of anilines is 1. The Balaban J connectivity index is 1.22. The van der Waals surface area contributed by atoms with Crippen LogP contribution in [0.4, 0.5) is 5.13 Å². The fraction of sp³-hybridized carbons (Fsp3) is 0.478. The molecule has 1 unspecified atom stereocenters. The van der Waals surface area contributed by atoms with Gasteiger partial charge in [0.1, 0.15) is 16.1 Å². The number of aromatic nitrogens is 2. The van der Waals surface area contributed by atoms with Crippen LogP contribution < -0.4 is 4.90 Å². The van der Waals surface area contributed by atoms with Crippen molar-refractivity contribution >= 4 is 55.6 Å². The monoisotopic (exact) mass is 553 g/mol. The Morgan fingerprint density at radius 3 is 2.47 bits per heavy atom. The number of hydrogen-bond donors (Lipinski definition) is 0. The van der Waals surface area contributed by atoms with Gasteiger partial charge in [-0.25, -0.2) is 4.98 Å². The standard InChI is InChI=1S/C23H22BrCl2N3O2S/c24-19-11-32-23(27-19)29-13-6-7-14(29)9-15(8-13)30-10-16-21(28-31-22(16)12-4-5-12)20-17(25)2-1-3-18(20)26/h1-3,11-15H,4-10H2/t13-,14+,15?. The zero-order valence-corrected chi connectivity index (χ0v) is 21.2. The highest BCUT2D eigenvalue weighted by Crippen LogP contribution is 2.47. The van der Waals surface area contributed by atoms with Gasteiger partial charge < -0.3 is 14.2 Å². The molecule has 2 bridgehead atoms. The van der Waals surface area contributed by atoms with Crippen molar-refractivity contribution in [3.63, 3.8) is 0 Å². The SMILES string of the molecule is Clc1cccc(Cl)c1-c1noc(C2CC2)c1COC1C[C@H]2CC[C@@H](C1)N2c1nc(Br)cs1. The van der Waals surface area contributed by atoms with Gasteiger partial charge >= 0.3 is 0 Å². The first-order valence-corrected chi connectivity index (χ1v) is 13.4. The molecule has 2 aliphatic heterocycles. The molecular formula is C23H22BrCl2N3O2S. The summed E-state index contributed by atoms with van der Waals surface area (Å²) >= 11 is 18.2. The van der Waals surface area contributed by atoms with Gasteiger partial charge in [-0.3, -0.25) is 0 Å². The van der Waals surface area contributed by atoms with E-state index in [0.717, 1.165) is 58.0 Å². The summed E-state index contributed by atoms with van der Waals surface area (Å²) in [5.74, 6) is 1.36. The molecule has 0 radical (unpaired) electrons. The smallest absolute Gasteiger partial charge is 0.186 e. The fourth-order valence-corrected chi connectivity index (χ4v) is 7.16. The minimum Gasteiger partial charge on any atom is -0.373 e. The van der Waals surface area contributed by atoms with E-state index in [9.17, 15) is 0 Å². The van der Waals surface area contributed by atoms with Crippen molar-refractivity contribution in [2.75, 3.05) is 4.90 Å². The summed E-state index contributed by atoms with van der Waals surface area (Å²) < 4.78 is 13.2. The molecule has 1 aromatic carbocycles. The number of benzene rings is 1. The van der Waals surface area contributed by atoms with E-state index in [0.29, 0.717) is 34.7 Å². The average molecular weight is 555 g/mol. The van der Waals surface area contributed by atoms with E-state index >= 15 is 0 Å². The van der Waals surface area contributed by atoms with Gasteiger partial charge in [0.25, 0.3) is 0 Å². The Bertz CT molecular complexity index is 1110. The summed E-state index contributed by atoms with van der Waals surface area (Å²) in [6, 6.07) is 6.49. The molecular weight excluding hydrogens is 533 g/mol. The van der Waals surface area contributed by atoms with Crippen molar-refractivity contribution in [1.29, 1.82) is 0 Å². The second kappa shape index (κ2) is 8.58. The van der Waals surface area contributed by atoms with Crippen LogP contribution in [0.1, 0.15) is 55.8 Å². The summed E-state index contributed by atoms with van der Waals surface area (Å²) in [4.78, 5) is 7.17. The molecule has 3 atom stereocenters. The number of rotatable bonds is 6. The van der Waals surface area contributed by atoms with Crippen molar-refractivity contribution in [2.45, 2.75) is 69.2 Å². The van der Waals surface area contributed by atoms with Crippen LogP contribution in [0.3, 0.4) is 0 Å². The van der Waals surface area contributed by atoms with Crippen LogP contribution in [0.5, 0.6) is 0 Å². The van der Waals surface area contributed by atoms with Crippen LogP contribution in [0, 0.1) is 0 Å². The molecule has 0 amide bonds. The van der Waals surface area contributed by atoms with Gasteiger partial charge in [-0.2, -0.15) is 0 Å². The molecule has 32 heavy (non-hydrogen) atoms. The molecule has 0 spiro atoms. The van der Waals surface area contributed by atoms with E-state index in [2.05, 4.69) is 36.4 Å². The largest absolute Gasteiger partial charge is 0.373 e. The van der Waals surface area contributed by atoms with Gasteiger partial charge in [0, 0.05) is 34.5 Å². The van der Waals surface area contributed by atoms with E-state index in [1.807, 2.05) is 18.2 Å². The van der Waals surface area contributed by atoms with Gasteiger partial charge in [0.2, 0.25) is 0 Å². The number of hydrogen-bond acceptors (Lipinski definition) is 6. The van der Waals surface area contributed by atoms with Crippen molar-refractivity contribution < 1.29 is 9.26 Å². The van der Waals surface area contributed by atoms with E-state index in [-0.39, 0.29) is 6.10 Å². The lowest BCUT2D eigenvalue weighted by Crippen LogP contribution is -2.45. The van der Waals surface area contributed by atoms with Gasteiger partial charge in [-0.15, -0.1) is 11.3 Å². The van der Waals surface area contributed by atoms with E-state index in [1.54, 1.807) is 11.3 Å². The normalized spacial score (nSPS) is 25.0. The summed E-state index contributed by atoms with van der Waals surface area (Å²) in [5.41, 5.74) is 2.45. The van der Waals surface area contributed by atoms with Crippen LogP contribution in [0.2, 0.25) is 10.0 Å². The molecule has 168 valence electrons. The Hall–Kier alpha value is -1.12. The van der Waals surface area contributed by atoms with Crippen LogP contribution in [0.15, 0.2) is 32.7 Å². The minimum absolute atomic E-state index is 0.212. The summed E-state index contributed by atoms with van der Waals surface area (Å²) in [5, 5.41) is 8.72. The highest BCUT2D eigenvalue weighted by Gasteiger charge is 2.43. The first-order chi connectivity index (χ1) is 15.6. The maximum Gasteiger partial charge on any atom is 0.186 e. The quantitative estimate of drug-likeness (QED) is 0.316. The first kappa shape index (κ1) is 21.4. The van der Waals surface area contributed by atoms with Crippen LogP contribution in [-0.4, -0.2) is 28.3 Å². The zero-order chi connectivity index (χ0) is 21.8. The predicted molar refractivity (Wildman–Crippen MR) is 131 cm³/mol. The third-order valence-corrected chi connectivity index (χ3v) is 9.00. The number of fused-ring (bicyclic) bond motifs is 2. The first-order valence-electron chi connectivity index (χ1n) is 11.0. The number of halogens is 3. The third-order valence-electron chi connectivity index (χ3n) is 6.80. The summed E-state index contributed by atoms with van der Waals surface area (Å²) in [6.07, 6.45) is 6.89. The second-order valence-corrected chi connectivity index (χ2v) is 11.4. The average Bonchev–Trinajstić information content (AvgIpc) is 3.30. The Morgan fingerprint density at radius 1 is 1.12 bits per heavy atom. The summed E-state index contributed by atoms with van der Waals surface area (Å²) in [6.45, 7) is 0.471. The summed E-state index contributed by atoms with van der Waals surface area (Å²) in [7, 11) is 0. The molecule has 3 fully saturated rings. The molecule has 0 N–H and O–H groups in total.